The molecule has 0 radical (unpaired) electrons. The summed E-state index contributed by atoms with van der Waals surface area (Å²) in [7, 11) is 0. The Morgan fingerprint density at radius 1 is 0.771 bits per heavy atom. The molecule has 2 unspecified atom stereocenters. The fourth-order valence-electron chi connectivity index (χ4n) is 4.45. The van der Waals surface area contributed by atoms with Gasteiger partial charge in [0.2, 0.25) is 0 Å². The third-order valence-electron chi connectivity index (χ3n) is 6.64. The minimum atomic E-state index is -0.329. The van der Waals surface area contributed by atoms with Crippen LogP contribution in [0.2, 0.25) is 0 Å². The van der Waals surface area contributed by atoms with Crippen LogP contribution in [0.1, 0.15) is 136 Å². The fourth-order valence-corrected chi connectivity index (χ4v) is 5.27. The monoisotopic (exact) mass is 513 g/mol. The first-order chi connectivity index (χ1) is 17.0. The minimum Gasteiger partial charge on any atom is -0.392 e. The summed E-state index contributed by atoms with van der Waals surface area (Å²) in [5, 5.41) is 21.5. The second kappa shape index (κ2) is 26.7. The molecule has 0 amide bonds. The molecule has 0 aromatic heterocycles. The van der Waals surface area contributed by atoms with Crippen molar-refractivity contribution >= 4 is 16.9 Å². The van der Waals surface area contributed by atoms with Crippen molar-refractivity contribution in [1.29, 1.82) is 0 Å². The first-order valence-corrected chi connectivity index (χ1v) is 15.9. The molecule has 0 saturated heterocycles. The van der Waals surface area contributed by atoms with E-state index in [9.17, 15) is 15.0 Å². The van der Waals surface area contributed by atoms with Crippen LogP contribution in [0.25, 0.3) is 0 Å². The van der Waals surface area contributed by atoms with Crippen LogP contribution < -0.4 is 0 Å². The number of carbonyl (C=O) groups is 1. The van der Waals surface area contributed by atoms with Gasteiger partial charge in [-0.05, 0) is 45.1 Å². The SMILES string of the molecule is C=CCCCSC(=O)CCCCN(CC(O)CCCCCCCC)CC(O)CCCCCCCC. The number of rotatable bonds is 27. The molecular formula is C30H59NO3S. The summed E-state index contributed by atoms with van der Waals surface area (Å²) < 4.78 is 0. The highest BCUT2D eigenvalue weighted by Gasteiger charge is 2.16. The van der Waals surface area contributed by atoms with E-state index >= 15 is 0 Å². The Labute approximate surface area is 222 Å². The van der Waals surface area contributed by atoms with Crippen LogP contribution in [-0.2, 0) is 4.79 Å². The predicted octanol–water partition coefficient (Wildman–Crippen LogP) is 7.91. The van der Waals surface area contributed by atoms with Gasteiger partial charge >= 0.3 is 0 Å². The Morgan fingerprint density at radius 2 is 1.29 bits per heavy atom. The zero-order valence-electron chi connectivity index (χ0n) is 23.4. The first-order valence-electron chi connectivity index (χ1n) is 14.9. The molecule has 4 nitrogen and oxygen atoms in total. The average Bonchev–Trinajstić information content (AvgIpc) is 2.84. The first kappa shape index (κ1) is 34.6. The molecule has 0 aromatic rings. The minimum absolute atomic E-state index is 0.284. The van der Waals surface area contributed by atoms with Crippen molar-refractivity contribution in [2.24, 2.45) is 0 Å². The van der Waals surface area contributed by atoms with Crippen LogP contribution in [0.4, 0.5) is 0 Å². The molecule has 0 rings (SSSR count). The van der Waals surface area contributed by atoms with E-state index in [4.69, 9.17) is 0 Å². The van der Waals surface area contributed by atoms with Crippen molar-refractivity contribution in [3.05, 3.63) is 12.7 Å². The molecule has 0 saturated carbocycles. The highest BCUT2D eigenvalue weighted by atomic mass is 32.2. The van der Waals surface area contributed by atoms with Gasteiger partial charge in [-0.2, -0.15) is 0 Å². The Balaban J connectivity index is 4.33. The van der Waals surface area contributed by atoms with Crippen LogP contribution >= 0.6 is 11.8 Å². The van der Waals surface area contributed by atoms with Gasteiger partial charge in [0.25, 0.3) is 0 Å². The van der Waals surface area contributed by atoms with Crippen LogP contribution in [0.3, 0.4) is 0 Å². The third-order valence-corrected chi connectivity index (χ3v) is 7.66. The lowest BCUT2D eigenvalue weighted by Crippen LogP contribution is -2.38. The number of aliphatic hydroxyl groups is 2. The summed E-state index contributed by atoms with van der Waals surface area (Å²) in [6.45, 7) is 10.3. The van der Waals surface area contributed by atoms with E-state index in [1.807, 2.05) is 6.08 Å². The second-order valence-corrected chi connectivity index (χ2v) is 11.4. The van der Waals surface area contributed by atoms with Crippen LogP contribution in [-0.4, -0.2) is 57.8 Å². The fraction of sp³-hybridized carbons (Fsp3) is 0.900. The second-order valence-electron chi connectivity index (χ2n) is 10.3. The molecule has 0 aromatic carbocycles. The summed E-state index contributed by atoms with van der Waals surface area (Å²) in [4.78, 5) is 14.3. The Kier molecular flexibility index (Phi) is 26.4. The van der Waals surface area contributed by atoms with Crippen molar-refractivity contribution < 1.29 is 15.0 Å². The Morgan fingerprint density at radius 3 is 1.80 bits per heavy atom. The van der Waals surface area contributed by atoms with Crippen molar-refractivity contribution in [1.82, 2.24) is 4.90 Å². The predicted molar refractivity (Wildman–Crippen MR) is 155 cm³/mol. The normalized spacial score (nSPS) is 13.3. The molecule has 0 spiro atoms. The highest BCUT2D eigenvalue weighted by Crippen LogP contribution is 2.15. The van der Waals surface area contributed by atoms with E-state index in [1.54, 1.807) is 0 Å². The van der Waals surface area contributed by atoms with Gasteiger partial charge in [-0.25, -0.2) is 0 Å². The lowest BCUT2D eigenvalue weighted by molar-refractivity contribution is -0.111. The maximum Gasteiger partial charge on any atom is 0.188 e. The van der Waals surface area contributed by atoms with E-state index in [0.29, 0.717) is 19.5 Å². The zero-order chi connectivity index (χ0) is 26.0. The van der Waals surface area contributed by atoms with E-state index in [-0.39, 0.29) is 17.3 Å². The number of hydrogen-bond acceptors (Lipinski definition) is 5. The molecular weight excluding hydrogens is 454 g/mol. The van der Waals surface area contributed by atoms with Gasteiger partial charge in [-0.15, -0.1) is 6.58 Å². The van der Waals surface area contributed by atoms with Gasteiger partial charge < -0.3 is 10.2 Å². The van der Waals surface area contributed by atoms with Gasteiger partial charge in [0.1, 0.15) is 0 Å². The zero-order valence-corrected chi connectivity index (χ0v) is 24.2. The Bertz CT molecular complexity index is 451. The van der Waals surface area contributed by atoms with E-state index in [0.717, 1.165) is 63.7 Å². The van der Waals surface area contributed by atoms with Crippen molar-refractivity contribution in [2.75, 3.05) is 25.4 Å². The van der Waals surface area contributed by atoms with Gasteiger partial charge in [0, 0.05) is 25.3 Å². The summed E-state index contributed by atoms with van der Waals surface area (Å²) >= 11 is 1.45. The molecule has 5 heteroatoms. The molecule has 0 aliphatic heterocycles. The average molecular weight is 514 g/mol. The number of unbranched alkanes of at least 4 members (excludes halogenated alkanes) is 12. The summed E-state index contributed by atoms with van der Waals surface area (Å²) in [6, 6.07) is 0. The number of nitrogens with zero attached hydrogens (tertiary/aromatic N) is 1. The standard InChI is InChI=1S/C30H59NO3S/c1-4-7-10-12-14-16-21-28(32)26-31(27-29(33)22-17-15-13-11-8-5-2)24-19-18-23-30(34)35-25-20-9-6-3/h6,28-29,32-33H,3-5,7-27H2,1-2H3. The highest BCUT2D eigenvalue weighted by molar-refractivity contribution is 8.13. The molecule has 0 aliphatic rings. The van der Waals surface area contributed by atoms with Crippen LogP contribution in [0.5, 0.6) is 0 Å². The van der Waals surface area contributed by atoms with Crippen LogP contribution in [0.15, 0.2) is 12.7 Å². The van der Waals surface area contributed by atoms with Crippen molar-refractivity contribution in [2.45, 2.75) is 148 Å². The molecule has 2 atom stereocenters. The topological polar surface area (TPSA) is 60.8 Å². The van der Waals surface area contributed by atoms with Crippen molar-refractivity contribution in [3.8, 4) is 0 Å². The largest absolute Gasteiger partial charge is 0.392 e. The molecule has 35 heavy (non-hydrogen) atoms. The lowest BCUT2D eigenvalue weighted by atomic mass is 10.1. The van der Waals surface area contributed by atoms with E-state index in [1.165, 1.54) is 76.0 Å². The van der Waals surface area contributed by atoms with Gasteiger partial charge in [-0.1, -0.05) is 109 Å². The lowest BCUT2D eigenvalue weighted by Gasteiger charge is -2.27. The van der Waals surface area contributed by atoms with Gasteiger partial charge in [0.15, 0.2) is 5.12 Å². The van der Waals surface area contributed by atoms with Crippen LogP contribution in [0, 0.1) is 0 Å². The maximum atomic E-state index is 12.1. The number of aliphatic hydroxyl groups excluding tert-OH is 2. The molecule has 208 valence electrons. The summed E-state index contributed by atoms with van der Waals surface area (Å²) in [6.07, 6.45) is 22.2. The number of hydrogen-bond donors (Lipinski definition) is 2. The summed E-state index contributed by atoms with van der Waals surface area (Å²) in [5.41, 5.74) is 0. The maximum absolute atomic E-state index is 12.1. The quantitative estimate of drug-likeness (QED) is 0.0863. The molecule has 0 heterocycles. The smallest absolute Gasteiger partial charge is 0.188 e. The van der Waals surface area contributed by atoms with E-state index in [2.05, 4.69) is 25.3 Å². The number of allylic oxidation sites excluding steroid dienone is 1. The number of carbonyl (C=O) groups excluding carboxylic acids is 1. The molecule has 0 fully saturated rings. The third kappa shape index (κ3) is 25.1. The van der Waals surface area contributed by atoms with Gasteiger partial charge in [-0.3, -0.25) is 9.69 Å². The molecule has 0 aliphatic carbocycles. The summed E-state index contributed by atoms with van der Waals surface area (Å²) in [5.74, 6) is 0.881. The van der Waals surface area contributed by atoms with Gasteiger partial charge in [0.05, 0.1) is 12.2 Å². The number of thioether (sulfide) groups is 1. The molecule has 0 bridgehead atoms. The Hall–Kier alpha value is -0.360. The molecule has 2 N–H and O–H groups in total. The van der Waals surface area contributed by atoms with Crippen molar-refractivity contribution in [3.63, 3.8) is 0 Å². The van der Waals surface area contributed by atoms with E-state index < -0.39 is 0 Å².